The van der Waals surface area contributed by atoms with E-state index >= 15 is 0 Å². The lowest BCUT2D eigenvalue weighted by molar-refractivity contribution is 0.201. The average Bonchev–Trinajstić information content (AvgIpc) is 3.29. The monoisotopic (exact) mass is 426 g/mol. The van der Waals surface area contributed by atoms with E-state index in [0.29, 0.717) is 12.3 Å². The first-order valence-electron chi connectivity index (χ1n) is 10.2. The van der Waals surface area contributed by atoms with Crippen LogP contribution >= 0.6 is 11.3 Å². The Kier molecular flexibility index (Phi) is 6.44. The normalized spacial score (nSPS) is 15.3. The van der Waals surface area contributed by atoms with Crippen molar-refractivity contribution in [2.24, 2.45) is 0 Å². The molecule has 0 unspecified atom stereocenters. The molecule has 2 aromatic heterocycles. The second-order valence-corrected chi connectivity index (χ2v) is 8.22. The van der Waals surface area contributed by atoms with Gasteiger partial charge in [-0.3, -0.25) is 9.69 Å². The zero-order valence-electron chi connectivity index (χ0n) is 17.3. The summed E-state index contributed by atoms with van der Waals surface area (Å²) in [6.07, 6.45) is 3.65. The molecule has 0 bridgehead atoms. The molecule has 0 saturated carbocycles. The van der Waals surface area contributed by atoms with Crippen LogP contribution in [0.3, 0.4) is 0 Å². The molecule has 1 N–H and O–H groups in total. The van der Waals surface area contributed by atoms with Gasteiger partial charge in [0.25, 0.3) is 5.56 Å². The fraction of sp³-hybridized carbons (Fsp3) is 0.409. The number of thiazole rings is 1. The van der Waals surface area contributed by atoms with Crippen molar-refractivity contribution >= 4 is 11.3 Å². The minimum absolute atomic E-state index is 0.116. The first-order chi connectivity index (χ1) is 14.7. The standard InChI is InChI=1S/C22H26N4O3S/c1-3-29-19-12-15(4-5-18(19)28-2)14-26-9-6-16(7-10-26)21-24-17(13-20(27)25-21)22-23-8-11-30-22/h4-5,8,11-13,16H,3,6-7,9-10,14H2,1-2H3,(H,24,25,27). The molecule has 0 spiro atoms. The summed E-state index contributed by atoms with van der Waals surface area (Å²) >= 11 is 1.50. The van der Waals surface area contributed by atoms with E-state index in [-0.39, 0.29) is 11.5 Å². The predicted molar refractivity (Wildman–Crippen MR) is 117 cm³/mol. The molecule has 0 amide bonds. The predicted octanol–water partition coefficient (Wildman–Crippen LogP) is 3.68. The Hall–Kier alpha value is -2.71. The van der Waals surface area contributed by atoms with Gasteiger partial charge >= 0.3 is 0 Å². The molecule has 0 aliphatic carbocycles. The molecule has 3 aromatic rings. The van der Waals surface area contributed by atoms with Crippen LogP contribution in [0, 0.1) is 0 Å². The molecule has 0 atom stereocenters. The summed E-state index contributed by atoms with van der Waals surface area (Å²) in [4.78, 5) is 26.5. The molecular weight excluding hydrogens is 400 g/mol. The van der Waals surface area contributed by atoms with Gasteiger partial charge in [-0.05, 0) is 50.6 Å². The Balaban J connectivity index is 1.41. The zero-order chi connectivity index (χ0) is 20.9. The number of ether oxygens (including phenoxy) is 2. The molecule has 1 fully saturated rings. The Labute approximate surface area is 179 Å². The van der Waals surface area contributed by atoms with Crippen molar-refractivity contribution in [2.75, 3.05) is 26.8 Å². The highest BCUT2D eigenvalue weighted by Gasteiger charge is 2.23. The molecule has 4 rings (SSSR count). The summed E-state index contributed by atoms with van der Waals surface area (Å²) in [6.45, 7) is 5.34. The number of hydrogen-bond acceptors (Lipinski definition) is 7. The highest BCUT2D eigenvalue weighted by atomic mass is 32.1. The Morgan fingerprint density at radius 1 is 1.23 bits per heavy atom. The number of benzene rings is 1. The third-order valence-electron chi connectivity index (χ3n) is 5.32. The summed E-state index contributed by atoms with van der Waals surface area (Å²) in [5.41, 5.74) is 1.75. The molecule has 1 saturated heterocycles. The van der Waals surface area contributed by atoms with E-state index in [9.17, 15) is 4.79 Å². The first-order valence-corrected chi connectivity index (χ1v) is 11.1. The third kappa shape index (κ3) is 4.71. The van der Waals surface area contributed by atoms with Crippen LogP contribution in [-0.4, -0.2) is 46.7 Å². The van der Waals surface area contributed by atoms with Gasteiger partial charge < -0.3 is 14.5 Å². The van der Waals surface area contributed by atoms with Crippen LogP contribution in [0.1, 0.15) is 37.1 Å². The van der Waals surface area contributed by atoms with Crippen molar-refractivity contribution in [1.29, 1.82) is 0 Å². The SMILES string of the molecule is CCOc1cc(CN2CCC(c3nc(-c4nccs4)cc(=O)[nH]3)CC2)ccc1OC. The molecular formula is C22H26N4O3S. The van der Waals surface area contributed by atoms with Gasteiger partial charge in [-0.1, -0.05) is 6.07 Å². The number of hydrogen-bond donors (Lipinski definition) is 1. The van der Waals surface area contributed by atoms with Gasteiger partial charge in [0.15, 0.2) is 11.5 Å². The third-order valence-corrected chi connectivity index (χ3v) is 6.12. The largest absolute Gasteiger partial charge is 0.493 e. The fourth-order valence-electron chi connectivity index (χ4n) is 3.84. The summed E-state index contributed by atoms with van der Waals surface area (Å²) in [7, 11) is 1.66. The van der Waals surface area contributed by atoms with Gasteiger partial charge in [-0.15, -0.1) is 11.3 Å². The topological polar surface area (TPSA) is 80.3 Å². The number of methoxy groups -OCH3 is 1. The lowest BCUT2D eigenvalue weighted by atomic mass is 9.95. The quantitative estimate of drug-likeness (QED) is 0.621. The van der Waals surface area contributed by atoms with Gasteiger partial charge in [0.05, 0.1) is 13.7 Å². The second-order valence-electron chi connectivity index (χ2n) is 7.32. The molecule has 30 heavy (non-hydrogen) atoms. The van der Waals surface area contributed by atoms with E-state index in [1.54, 1.807) is 13.3 Å². The van der Waals surface area contributed by atoms with Crippen molar-refractivity contribution in [3.05, 3.63) is 57.6 Å². The number of aromatic amines is 1. The maximum absolute atomic E-state index is 12.1. The molecule has 7 nitrogen and oxygen atoms in total. The van der Waals surface area contributed by atoms with E-state index in [1.807, 2.05) is 18.4 Å². The minimum Gasteiger partial charge on any atom is -0.493 e. The number of likely N-dealkylation sites (tertiary alicyclic amines) is 1. The average molecular weight is 427 g/mol. The van der Waals surface area contributed by atoms with Gasteiger partial charge in [0, 0.05) is 30.1 Å². The van der Waals surface area contributed by atoms with E-state index < -0.39 is 0 Å². The number of nitrogens with one attached hydrogen (secondary N) is 1. The van der Waals surface area contributed by atoms with Gasteiger partial charge in [0.2, 0.25) is 0 Å². The number of aromatic nitrogens is 3. The van der Waals surface area contributed by atoms with Gasteiger partial charge in [-0.2, -0.15) is 0 Å². The Morgan fingerprint density at radius 3 is 2.77 bits per heavy atom. The molecule has 1 aliphatic heterocycles. The number of H-pyrrole nitrogens is 1. The van der Waals surface area contributed by atoms with Crippen LogP contribution in [-0.2, 0) is 6.54 Å². The number of nitrogens with zero attached hydrogens (tertiary/aromatic N) is 3. The van der Waals surface area contributed by atoms with Crippen LogP contribution in [0.15, 0.2) is 40.6 Å². The molecule has 1 aliphatic rings. The van der Waals surface area contributed by atoms with E-state index in [0.717, 1.165) is 54.8 Å². The Morgan fingerprint density at radius 2 is 2.07 bits per heavy atom. The van der Waals surface area contributed by atoms with E-state index in [2.05, 4.69) is 27.0 Å². The van der Waals surface area contributed by atoms with Crippen molar-refractivity contribution in [1.82, 2.24) is 19.9 Å². The van der Waals surface area contributed by atoms with Crippen LogP contribution < -0.4 is 15.0 Å². The van der Waals surface area contributed by atoms with Crippen LogP contribution in [0.4, 0.5) is 0 Å². The summed E-state index contributed by atoms with van der Waals surface area (Å²) < 4.78 is 11.1. The van der Waals surface area contributed by atoms with Gasteiger partial charge in [-0.25, -0.2) is 9.97 Å². The Bertz CT molecular complexity index is 1030. The summed E-state index contributed by atoms with van der Waals surface area (Å²) in [5, 5.41) is 2.68. The minimum atomic E-state index is -0.116. The van der Waals surface area contributed by atoms with E-state index in [4.69, 9.17) is 14.5 Å². The van der Waals surface area contributed by atoms with Crippen LogP contribution in [0.5, 0.6) is 11.5 Å². The lowest BCUT2D eigenvalue weighted by Crippen LogP contribution is -2.33. The molecule has 158 valence electrons. The second kappa shape index (κ2) is 9.40. The highest BCUT2D eigenvalue weighted by Crippen LogP contribution is 2.31. The smallest absolute Gasteiger partial charge is 0.251 e. The van der Waals surface area contributed by atoms with Gasteiger partial charge in [0.1, 0.15) is 16.5 Å². The van der Waals surface area contributed by atoms with Crippen molar-refractivity contribution < 1.29 is 9.47 Å². The number of rotatable bonds is 7. The summed E-state index contributed by atoms with van der Waals surface area (Å²) in [5.74, 6) is 2.57. The maximum atomic E-state index is 12.1. The number of piperidine rings is 1. The first kappa shape index (κ1) is 20.6. The van der Waals surface area contributed by atoms with Crippen molar-refractivity contribution in [3.63, 3.8) is 0 Å². The lowest BCUT2D eigenvalue weighted by Gasteiger charge is -2.31. The molecule has 8 heteroatoms. The fourth-order valence-corrected chi connectivity index (χ4v) is 4.44. The van der Waals surface area contributed by atoms with E-state index in [1.165, 1.54) is 23.0 Å². The van der Waals surface area contributed by atoms with Crippen molar-refractivity contribution in [3.8, 4) is 22.2 Å². The molecule has 3 heterocycles. The molecule has 0 radical (unpaired) electrons. The zero-order valence-corrected chi connectivity index (χ0v) is 18.1. The van der Waals surface area contributed by atoms with Crippen molar-refractivity contribution in [2.45, 2.75) is 32.2 Å². The van der Waals surface area contributed by atoms with Crippen LogP contribution in [0.25, 0.3) is 10.7 Å². The molecule has 1 aromatic carbocycles. The maximum Gasteiger partial charge on any atom is 0.251 e. The van der Waals surface area contributed by atoms with Crippen LogP contribution in [0.2, 0.25) is 0 Å². The highest BCUT2D eigenvalue weighted by molar-refractivity contribution is 7.13. The summed E-state index contributed by atoms with van der Waals surface area (Å²) in [6, 6.07) is 7.64.